The molecular formula is C20H30N3O3+. The van der Waals surface area contributed by atoms with E-state index in [-0.39, 0.29) is 17.9 Å². The number of methoxy groups -OCH3 is 2. The van der Waals surface area contributed by atoms with Crippen molar-refractivity contribution in [1.82, 2.24) is 5.32 Å². The molecule has 0 aliphatic carbocycles. The van der Waals surface area contributed by atoms with Gasteiger partial charge < -0.3 is 19.7 Å². The zero-order chi connectivity index (χ0) is 19.5. The molecule has 1 unspecified atom stereocenters. The molecule has 0 saturated heterocycles. The molecule has 2 rings (SSSR count). The fourth-order valence-electron chi connectivity index (χ4n) is 3.21. The minimum absolute atomic E-state index is 0.0393. The van der Waals surface area contributed by atoms with E-state index >= 15 is 0 Å². The number of hydrogen-bond donors (Lipinski definition) is 2. The molecule has 0 fully saturated rings. The van der Waals surface area contributed by atoms with Crippen molar-refractivity contribution in [3.8, 4) is 17.6 Å². The molecule has 6 nitrogen and oxygen atoms in total. The summed E-state index contributed by atoms with van der Waals surface area (Å²) in [5, 5.41) is 12.4. The Bertz CT molecular complexity index is 711. The van der Waals surface area contributed by atoms with Crippen LogP contribution in [0.2, 0.25) is 0 Å². The van der Waals surface area contributed by atoms with E-state index in [2.05, 4.69) is 11.4 Å². The van der Waals surface area contributed by atoms with Gasteiger partial charge in [-0.2, -0.15) is 5.26 Å². The Morgan fingerprint density at radius 3 is 2.31 bits per heavy atom. The summed E-state index contributed by atoms with van der Waals surface area (Å²) < 4.78 is 10.8. The molecule has 2 N–H and O–H groups in total. The van der Waals surface area contributed by atoms with Crippen LogP contribution in [0.3, 0.4) is 0 Å². The number of carbonyl (C=O) groups excluding carboxylic acids is 1. The van der Waals surface area contributed by atoms with Gasteiger partial charge in [-0.05, 0) is 37.5 Å². The zero-order valence-corrected chi connectivity index (χ0v) is 16.6. The van der Waals surface area contributed by atoms with Gasteiger partial charge in [0.25, 0.3) is 5.91 Å². The Hall–Kier alpha value is -2.26. The number of fused-ring (bicyclic) bond motifs is 1. The number of benzene rings is 1. The molecule has 1 aromatic carbocycles. The molecule has 0 spiro atoms. The number of nitrogens with one attached hydrogen (secondary N) is 2. The molecule has 26 heavy (non-hydrogen) atoms. The number of nitriles is 1. The highest BCUT2D eigenvalue weighted by atomic mass is 16.5. The standard InChI is InChI=1S/C20H29N3O3/c1-13(2)20(4,12-21)22-19(24)14(3)23-8-7-15-9-17(25-5)18(26-6)10-16(15)11-23/h9-10,13-14H,7-8,11H2,1-6H3,(H,22,24)/p+1/t14-,20-/m1/s1. The lowest BCUT2D eigenvalue weighted by atomic mass is 9.89. The van der Waals surface area contributed by atoms with Crippen LogP contribution in [0.1, 0.15) is 38.8 Å². The number of ether oxygens (including phenoxy) is 2. The van der Waals surface area contributed by atoms with E-state index in [0.717, 1.165) is 25.3 Å². The third kappa shape index (κ3) is 3.94. The van der Waals surface area contributed by atoms with Gasteiger partial charge in [0, 0.05) is 12.0 Å². The van der Waals surface area contributed by atoms with E-state index in [0.29, 0.717) is 5.75 Å². The average Bonchev–Trinajstić information content (AvgIpc) is 2.65. The van der Waals surface area contributed by atoms with Gasteiger partial charge in [0.05, 0.1) is 26.8 Å². The maximum absolute atomic E-state index is 12.7. The van der Waals surface area contributed by atoms with Crippen LogP contribution in [0.5, 0.6) is 11.5 Å². The highest BCUT2D eigenvalue weighted by Gasteiger charge is 2.36. The van der Waals surface area contributed by atoms with Crippen molar-refractivity contribution >= 4 is 5.91 Å². The summed E-state index contributed by atoms with van der Waals surface area (Å²) >= 11 is 0. The first-order chi connectivity index (χ1) is 12.3. The largest absolute Gasteiger partial charge is 0.493 e. The molecule has 6 heteroatoms. The van der Waals surface area contributed by atoms with Crippen molar-refractivity contribution in [2.75, 3.05) is 20.8 Å². The molecule has 1 aliphatic rings. The normalized spacial score (nSPS) is 19.7. The second-order valence-electron chi connectivity index (χ2n) is 7.49. The van der Waals surface area contributed by atoms with E-state index in [1.54, 1.807) is 21.1 Å². The average molecular weight is 360 g/mol. The van der Waals surface area contributed by atoms with E-state index in [1.165, 1.54) is 16.0 Å². The Balaban J connectivity index is 2.15. The summed E-state index contributed by atoms with van der Waals surface area (Å²) in [5.74, 6) is 1.41. The Morgan fingerprint density at radius 2 is 1.81 bits per heavy atom. The summed E-state index contributed by atoms with van der Waals surface area (Å²) in [6, 6.07) is 6.04. The lowest BCUT2D eigenvalue weighted by Gasteiger charge is -2.33. The first-order valence-electron chi connectivity index (χ1n) is 9.07. The van der Waals surface area contributed by atoms with Gasteiger partial charge in [0.1, 0.15) is 12.1 Å². The van der Waals surface area contributed by atoms with Crippen LogP contribution in [-0.2, 0) is 17.8 Å². The Kier molecular flexibility index (Phi) is 6.14. The van der Waals surface area contributed by atoms with Crippen LogP contribution >= 0.6 is 0 Å². The van der Waals surface area contributed by atoms with Crippen LogP contribution < -0.4 is 19.7 Å². The van der Waals surface area contributed by atoms with E-state index in [9.17, 15) is 10.1 Å². The predicted molar refractivity (Wildman–Crippen MR) is 99.2 cm³/mol. The van der Waals surface area contributed by atoms with Crippen LogP contribution in [0.4, 0.5) is 0 Å². The quantitative estimate of drug-likeness (QED) is 0.796. The van der Waals surface area contributed by atoms with Crippen LogP contribution in [0.15, 0.2) is 12.1 Å². The van der Waals surface area contributed by atoms with Crippen LogP contribution in [0, 0.1) is 17.2 Å². The summed E-state index contributed by atoms with van der Waals surface area (Å²) in [6.45, 7) is 9.20. The van der Waals surface area contributed by atoms with E-state index in [4.69, 9.17) is 9.47 Å². The van der Waals surface area contributed by atoms with Gasteiger partial charge in [-0.15, -0.1) is 0 Å². The van der Waals surface area contributed by atoms with Gasteiger partial charge in [0.2, 0.25) is 0 Å². The highest BCUT2D eigenvalue weighted by molar-refractivity contribution is 5.81. The SMILES string of the molecule is COc1cc2c(cc1OC)C[NH+]([C@H](C)C(=O)N[C@](C)(C#N)C(C)C)CC2. The van der Waals surface area contributed by atoms with Crippen LogP contribution in [0.25, 0.3) is 0 Å². The number of rotatable bonds is 6. The maximum Gasteiger partial charge on any atom is 0.279 e. The molecule has 0 bridgehead atoms. The second-order valence-corrected chi connectivity index (χ2v) is 7.49. The van der Waals surface area contributed by atoms with E-state index < -0.39 is 5.54 Å². The monoisotopic (exact) mass is 360 g/mol. The van der Waals surface area contributed by atoms with E-state index in [1.807, 2.05) is 32.9 Å². The first-order valence-corrected chi connectivity index (χ1v) is 9.07. The predicted octanol–water partition coefficient (Wildman–Crippen LogP) is 1.09. The third-order valence-electron chi connectivity index (χ3n) is 5.61. The minimum Gasteiger partial charge on any atom is -0.493 e. The lowest BCUT2D eigenvalue weighted by molar-refractivity contribution is -0.929. The molecule has 1 heterocycles. The molecule has 0 aromatic heterocycles. The Morgan fingerprint density at radius 1 is 1.23 bits per heavy atom. The molecule has 1 aromatic rings. The number of quaternary nitrogens is 1. The first kappa shape index (κ1) is 20.1. The van der Waals surface area contributed by atoms with Crippen molar-refractivity contribution in [3.05, 3.63) is 23.3 Å². The fraction of sp³-hybridized carbons (Fsp3) is 0.600. The topological polar surface area (TPSA) is 75.8 Å². The number of amides is 1. The van der Waals surface area contributed by atoms with Crippen LogP contribution in [-0.4, -0.2) is 38.3 Å². The van der Waals surface area contributed by atoms with Crippen molar-refractivity contribution in [3.63, 3.8) is 0 Å². The number of carbonyl (C=O) groups is 1. The summed E-state index contributed by atoms with van der Waals surface area (Å²) in [6.07, 6.45) is 0.877. The molecule has 0 radical (unpaired) electrons. The minimum atomic E-state index is -0.852. The smallest absolute Gasteiger partial charge is 0.279 e. The zero-order valence-electron chi connectivity index (χ0n) is 16.6. The molecule has 1 aliphatic heterocycles. The molecule has 3 atom stereocenters. The van der Waals surface area contributed by atoms with Gasteiger partial charge in [-0.3, -0.25) is 4.79 Å². The summed E-state index contributed by atoms with van der Waals surface area (Å²) in [7, 11) is 3.26. The van der Waals surface area contributed by atoms with Gasteiger partial charge in [-0.1, -0.05) is 13.8 Å². The summed E-state index contributed by atoms with van der Waals surface area (Å²) in [5.41, 5.74) is 1.56. The third-order valence-corrected chi connectivity index (χ3v) is 5.61. The van der Waals surface area contributed by atoms with Crippen molar-refractivity contribution in [2.45, 2.75) is 52.2 Å². The number of hydrogen-bond acceptors (Lipinski definition) is 4. The lowest BCUT2D eigenvalue weighted by Crippen LogP contribution is -3.16. The molecule has 1 amide bonds. The summed E-state index contributed by atoms with van der Waals surface area (Å²) in [4.78, 5) is 13.9. The second kappa shape index (κ2) is 7.96. The van der Waals surface area contributed by atoms with Gasteiger partial charge in [0.15, 0.2) is 17.5 Å². The van der Waals surface area contributed by atoms with Gasteiger partial charge in [-0.25, -0.2) is 0 Å². The fourth-order valence-corrected chi connectivity index (χ4v) is 3.21. The maximum atomic E-state index is 12.7. The molecule has 142 valence electrons. The van der Waals surface area contributed by atoms with Crippen molar-refractivity contribution in [1.29, 1.82) is 5.26 Å². The van der Waals surface area contributed by atoms with Crippen molar-refractivity contribution < 1.29 is 19.2 Å². The molecule has 0 saturated carbocycles. The van der Waals surface area contributed by atoms with Crippen molar-refractivity contribution in [2.24, 2.45) is 5.92 Å². The molecular weight excluding hydrogens is 330 g/mol. The Labute approximate surface area is 156 Å². The van der Waals surface area contributed by atoms with Gasteiger partial charge >= 0.3 is 0 Å². The highest BCUT2D eigenvalue weighted by Crippen LogP contribution is 2.31. The number of nitrogens with zero attached hydrogens (tertiary/aromatic N) is 1.